The monoisotopic (exact) mass is 445 g/mol. The molecule has 0 aliphatic carbocycles. The minimum atomic E-state index is -0.215. The summed E-state index contributed by atoms with van der Waals surface area (Å²) in [4.78, 5) is 35.3. The first-order valence-corrected chi connectivity index (χ1v) is 10.9. The van der Waals surface area contributed by atoms with Gasteiger partial charge in [-0.15, -0.1) is 0 Å². The molecule has 1 atom stereocenters. The highest BCUT2D eigenvalue weighted by Crippen LogP contribution is 2.31. The highest BCUT2D eigenvalue weighted by molar-refractivity contribution is 5.92. The first-order chi connectivity index (χ1) is 16.1. The van der Waals surface area contributed by atoms with Crippen molar-refractivity contribution in [3.8, 4) is 16.9 Å². The van der Waals surface area contributed by atoms with Crippen LogP contribution >= 0.6 is 0 Å². The molecule has 4 rings (SSSR count). The smallest absolute Gasteiger partial charge is 0.269 e. The third-order valence-corrected chi connectivity index (χ3v) is 5.77. The van der Waals surface area contributed by atoms with Crippen molar-refractivity contribution in [2.45, 2.75) is 18.9 Å². The number of hydrogen-bond donors (Lipinski definition) is 2. The normalized spacial score (nSPS) is 15.8. The Morgan fingerprint density at radius 2 is 1.76 bits per heavy atom. The van der Waals surface area contributed by atoms with Gasteiger partial charge >= 0.3 is 0 Å². The maximum Gasteiger partial charge on any atom is 0.269 e. The Hall–Kier alpha value is -3.78. The highest BCUT2D eigenvalue weighted by Gasteiger charge is 2.28. The quantitative estimate of drug-likeness (QED) is 0.579. The van der Waals surface area contributed by atoms with E-state index in [-0.39, 0.29) is 17.9 Å². The van der Waals surface area contributed by atoms with Crippen molar-refractivity contribution in [3.63, 3.8) is 0 Å². The molecule has 1 aromatic carbocycles. The van der Waals surface area contributed by atoms with E-state index in [2.05, 4.69) is 25.5 Å². The van der Waals surface area contributed by atoms with E-state index < -0.39 is 0 Å². The molecule has 1 saturated heterocycles. The van der Waals surface area contributed by atoms with Crippen LogP contribution in [0.1, 0.15) is 35.1 Å². The summed E-state index contributed by atoms with van der Waals surface area (Å²) in [6.45, 7) is 1.17. The first-order valence-electron chi connectivity index (χ1n) is 10.9. The Bertz CT molecular complexity index is 1100. The Kier molecular flexibility index (Phi) is 6.95. The van der Waals surface area contributed by atoms with E-state index in [4.69, 9.17) is 4.74 Å². The lowest BCUT2D eigenvalue weighted by molar-refractivity contribution is -0.117. The van der Waals surface area contributed by atoms with Crippen LogP contribution in [0.5, 0.6) is 5.75 Å². The van der Waals surface area contributed by atoms with E-state index in [0.717, 1.165) is 47.6 Å². The van der Waals surface area contributed by atoms with Crippen LogP contribution in [0.15, 0.2) is 60.9 Å². The molecule has 2 amide bonds. The first kappa shape index (κ1) is 22.4. The molecule has 0 saturated carbocycles. The fourth-order valence-corrected chi connectivity index (χ4v) is 4.01. The Morgan fingerprint density at radius 1 is 1.03 bits per heavy atom. The second kappa shape index (κ2) is 10.2. The second-order valence-electron chi connectivity index (χ2n) is 7.89. The number of pyridine rings is 2. The fraction of sp³-hybridized carbons (Fsp3) is 0.280. The number of methoxy groups -OCH3 is 1. The molecule has 33 heavy (non-hydrogen) atoms. The van der Waals surface area contributed by atoms with Gasteiger partial charge in [-0.05, 0) is 55.8 Å². The molecule has 170 valence electrons. The summed E-state index contributed by atoms with van der Waals surface area (Å²) in [7, 11) is 3.19. The van der Waals surface area contributed by atoms with E-state index in [0.29, 0.717) is 12.2 Å². The Labute approximate surface area is 193 Å². The SMILES string of the molecule is CNC(=O)c1ccc(-c2ccc([C@@H]3CCCN3CC(=O)Nc3ccc(OC)cc3)nc2)cn1. The summed E-state index contributed by atoms with van der Waals surface area (Å²) in [6.07, 6.45) is 5.48. The zero-order valence-corrected chi connectivity index (χ0v) is 18.7. The summed E-state index contributed by atoms with van der Waals surface area (Å²) in [6, 6.07) is 15.0. The van der Waals surface area contributed by atoms with Gasteiger partial charge in [0.1, 0.15) is 11.4 Å². The molecule has 0 radical (unpaired) electrons. The molecule has 2 N–H and O–H groups in total. The summed E-state index contributed by atoms with van der Waals surface area (Å²) < 4.78 is 5.15. The molecule has 1 aliphatic rings. The summed E-state index contributed by atoms with van der Waals surface area (Å²) >= 11 is 0. The predicted octanol–water partition coefficient (Wildman–Crippen LogP) is 3.29. The number of amides is 2. The van der Waals surface area contributed by atoms with Crippen molar-refractivity contribution in [2.24, 2.45) is 0 Å². The number of nitrogens with zero attached hydrogens (tertiary/aromatic N) is 3. The number of hydrogen-bond acceptors (Lipinski definition) is 6. The number of anilines is 1. The van der Waals surface area contributed by atoms with E-state index >= 15 is 0 Å². The molecule has 3 heterocycles. The zero-order chi connectivity index (χ0) is 23.2. The van der Waals surface area contributed by atoms with Crippen molar-refractivity contribution in [2.75, 3.05) is 32.6 Å². The van der Waals surface area contributed by atoms with Crippen molar-refractivity contribution in [1.82, 2.24) is 20.2 Å². The van der Waals surface area contributed by atoms with Crippen molar-refractivity contribution < 1.29 is 14.3 Å². The number of carbonyl (C=O) groups excluding carboxylic acids is 2. The predicted molar refractivity (Wildman–Crippen MR) is 126 cm³/mol. The van der Waals surface area contributed by atoms with Gasteiger partial charge in [-0.25, -0.2) is 0 Å². The summed E-state index contributed by atoms with van der Waals surface area (Å²) in [5.74, 6) is 0.485. The molecule has 8 heteroatoms. The fourth-order valence-electron chi connectivity index (χ4n) is 4.01. The number of nitrogens with one attached hydrogen (secondary N) is 2. The van der Waals surface area contributed by atoms with Crippen LogP contribution in [0.4, 0.5) is 5.69 Å². The maximum atomic E-state index is 12.6. The molecule has 8 nitrogen and oxygen atoms in total. The molecule has 0 unspecified atom stereocenters. The van der Waals surface area contributed by atoms with Crippen LogP contribution in [-0.2, 0) is 4.79 Å². The number of benzene rings is 1. The summed E-state index contributed by atoms with van der Waals surface area (Å²) in [5.41, 5.74) is 3.89. The number of likely N-dealkylation sites (tertiary alicyclic amines) is 1. The average molecular weight is 446 g/mol. The molecule has 0 bridgehead atoms. The van der Waals surface area contributed by atoms with Gasteiger partial charge in [0.05, 0.1) is 25.4 Å². The van der Waals surface area contributed by atoms with Crippen LogP contribution in [0.3, 0.4) is 0 Å². The highest BCUT2D eigenvalue weighted by atomic mass is 16.5. The van der Waals surface area contributed by atoms with Gasteiger partial charge in [0, 0.05) is 36.3 Å². The van der Waals surface area contributed by atoms with Crippen molar-refractivity contribution in [1.29, 1.82) is 0 Å². The van der Waals surface area contributed by atoms with E-state index in [1.165, 1.54) is 0 Å². The van der Waals surface area contributed by atoms with Gasteiger partial charge < -0.3 is 15.4 Å². The topological polar surface area (TPSA) is 96.5 Å². The molecule has 2 aromatic heterocycles. The average Bonchev–Trinajstić information content (AvgIpc) is 3.32. The Balaban J connectivity index is 1.39. The Morgan fingerprint density at radius 3 is 2.36 bits per heavy atom. The zero-order valence-electron chi connectivity index (χ0n) is 18.7. The van der Waals surface area contributed by atoms with Crippen molar-refractivity contribution in [3.05, 3.63) is 72.3 Å². The van der Waals surface area contributed by atoms with Crippen LogP contribution in [-0.4, -0.2) is 53.9 Å². The van der Waals surface area contributed by atoms with Gasteiger partial charge in [0.2, 0.25) is 5.91 Å². The molecular formula is C25H27N5O3. The molecular weight excluding hydrogens is 418 g/mol. The van der Waals surface area contributed by atoms with Crippen LogP contribution in [0.2, 0.25) is 0 Å². The maximum absolute atomic E-state index is 12.6. The van der Waals surface area contributed by atoms with Crippen LogP contribution in [0.25, 0.3) is 11.1 Å². The minimum Gasteiger partial charge on any atom is -0.497 e. The van der Waals surface area contributed by atoms with Crippen molar-refractivity contribution >= 4 is 17.5 Å². The number of ether oxygens (including phenoxy) is 1. The molecule has 3 aromatic rings. The number of aromatic nitrogens is 2. The second-order valence-corrected chi connectivity index (χ2v) is 7.89. The van der Waals surface area contributed by atoms with E-state index in [1.807, 2.05) is 48.7 Å². The summed E-state index contributed by atoms with van der Waals surface area (Å²) in [5, 5.41) is 5.51. The van der Waals surface area contributed by atoms with Crippen LogP contribution < -0.4 is 15.4 Å². The standard InChI is InChI=1S/C25H27N5O3/c1-26-25(32)22-12-6-18(15-28-22)17-5-11-21(27-14-17)23-4-3-13-30(23)16-24(31)29-19-7-9-20(33-2)10-8-19/h5-12,14-15,23H,3-4,13,16H2,1-2H3,(H,26,32)(H,29,31)/t23-/m0/s1. The van der Waals surface area contributed by atoms with Gasteiger partial charge in [-0.2, -0.15) is 0 Å². The van der Waals surface area contributed by atoms with E-state index in [9.17, 15) is 9.59 Å². The number of rotatable bonds is 7. The van der Waals surface area contributed by atoms with Gasteiger partial charge in [-0.3, -0.25) is 24.5 Å². The third kappa shape index (κ3) is 5.35. The molecule has 1 fully saturated rings. The van der Waals surface area contributed by atoms with Gasteiger partial charge in [0.25, 0.3) is 5.91 Å². The van der Waals surface area contributed by atoms with Gasteiger partial charge in [-0.1, -0.05) is 12.1 Å². The lowest BCUT2D eigenvalue weighted by Crippen LogP contribution is -2.33. The van der Waals surface area contributed by atoms with Crippen LogP contribution in [0, 0.1) is 0 Å². The number of carbonyl (C=O) groups is 2. The molecule has 1 aliphatic heterocycles. The molecule has 0 spiro atoms. The lowest BCUT2D eigenvalue weighted by atomic mass is 10.1. The third-order valence-electron chi connectivity index (χ3n) is 5.77. The largest absolute Gasteiger partial charge is 0.497 e. The minimum absolute atomic E-state index is 0.0500. The van der Waals surface area contributed by atoms with E-state index in [1.54, 1.807) is 26.4 Å². The lowest BCUT2D eigenvalue weighted by Gasteiger charge is -2.23. The van der Waals surface area contributed by atoms with Gasteiger partial charge in [0.15, 0.2) is 0 Å².